The van der Waals surface area contributed by atoms with Gasteiger partial charge in [0.1, 0.15) is 6.10 Å². The fourth-order valence-corrected chi connectivity index (χ4v) is 6.71. The molecule has 0 heterocycles. The van der Waals surface area contributed by atoms with Gasteiger partial charge in [-0.05, 0) is 25.7 Å². The maximum Gasteiger partial charge on any atom is 0.306 e. The normalized spacial score (nSPS) is 12.0. The van der Waals surface area contributed by atoms with Crippen LogP contribution in [0.5, 0.6) is 0 Å². The van der Waals surface area contributed by atoms with E-state index >= 15 is 0 Å². The summed E-state index contributed by atoms with van der Waals surface area (Å²) < 4.78 is 5.75. The van der Waals surface area contributed by atoms with E-state index < -0.39 is 5.97 Å². The molecule has 0 saturated heterocycles. The van der Waals surface area contributed by atoms with E-state index in [1.165, 1.54) is 186 Å². The van der Waals surface area contributed by atoms with E-state index in [9.17, 15) is 9.59 Å². The lowest BCUT2D eigenvalue weighted by molar-refractivity contribution is -0.151. The highest BCUT2D eigenvalue weighted by Gasteiger charge is 2.16. The summed E-state index contributed by atoms with van der Waals surface area (Å²) in [4.78, 5) is 23.6. The molecule has 0 aliphatic heterocycles. The van der Waals surface area contributed by atoms with Gasteiger partial charge in [0.05, 0.1) is 0 Å². The molecular weight excluding hydrogens is 568 g/mol. The summed E-state index contributed by atoms with van der Waals surface area (Å²) >= 11 is 0. The minimum absolute atomic E-state index is 0.0792. The zero-order chi connectivity index (χ0) is 33.6. The first-order valence-electron chi connectivity index (χ1n) is 21.0. The summed E-state index contributed by atoms with van der Waals surface area (Å²) in [5.41, 5.74) is 0. The first-order chi connectivity index (χ1) is 22.6. The average molecular weight is 651 g/mol. The van der Waals surface area contributed by atoms with Crippen LogP contribution in [0.2, 0.25) is 0 Å². The maximum absolute atomic E-state index is 12.5. The number of hydrogen-bond donors (Lipinski definition) is 1. The maximum atomic E-state index is 12.5. The predicted molar refractivity (Wildman–Crippen MR) is 200 cm³/mol. The van der Waals surface area contributed by atoms with Crippen molar-refractivity contribution >= 4 is 11.9 Å². The van der Waals surface area contributed by atoms with E-state index in [4.69, 9.17) is 9.84 Å². The number of carbonyl (C=O) groups is 2. The van der Waals surface area contributed by atoms with Crippen LogP contribution in [0.1, 0.15) is 251 Å². The molecule has 1 unspecified atom stereocenters. The standard InChI is InChI=1S/C42H82O4/c1-3-5-7-9-11-13-15-17-19-20-21-22-23-25-27-29-31-33-35-37-42(45)46-40(38-39-41(43)44)36-34-32-30-28-26-24-18-16-14-12-10-8-6-4-2/h40H,3-39H2,1-2H3,(H,43,44). The Bertz CT molecular complexity index is 619. The number of aliphatic carboxylic acids is 1. The van der Waals surface area contributed by atoms with Crippen LogP contribution in [0.15, 0.2) is 0 Å². The Kier molecular flexibility index (Phi) is 37.5. The minimum Gasteiger partial charge on any atom is -0.481 e. The molecule has 0 aromatic heterocycles. The summed E-state index contributed by atoms with van der Waals surface area (Å²) in [5, 5.41) is 9.13. The van der Waals surface area contributed by atoms with Crippen LogP contribution in [0.3, 0.4) is 0 Å². The Balaban J connectivity index is 3.63. The zero-order valence-corrected chi connectivity index (χ0v) is 31.4. The second-order valence-corrected chi connectivity index (χ2v) is 14.5. The largest absolute Gasteiger partial charge is 0.481 e. The number of rotatable bonds is 39. The lowest BCUT2D eigenvalue weighted by Gasteiger charge is -2.17. The smallest absolute Gasteiger partial charge is 0.306 e. The molecule has 46 heavy (non-hydrogen) atoms. The van der Waals surface area contributed by atoms with Gasteiger partial charge in [0.15, 0.2) is 0 Å². The van der Waals surface area contributed by atoms with Crippen molar-refractivity contribution in [3.8, 4) is 0 Å². The molecular formula is C42H82O4. The second-order valence-electron chi connectivity index (χ2n) is 14.5. The van der Waals surface area contributed by atoms with Crippen molar-refractivity contribution in [2.45, 2.75) is 258 Å². The average Bonchev–Trinajstić information content (AvgIpc) is 3.04. The van der Waals surface area contributed by atoms with Gasteiger partial charge in [-0.1, -0.05) is 213 Å². The van der Waals surface area contributed by atoms with E-state index in [0.717, 1.165) is 32.1 Å². The predicted octanol–water partition coefficient (Wildman–Crippen LogP) is 14.5. The van der Waals surface area contributed by atoms with Gasteiger partial charge in [-0.15, -0.1) is 0 Å². The molecule has 0 aromatic rings. The van der Waals surface area contributed by atoms with Crippen molar-refractivity contribution in [1.29, 1.82) is 0 Å². The first kappa shape index (κ1) is 44.9. The van der Waals surface area contributed by atoms with E-state index in [-0.39, 0.29) is 18.5 Å². The number of ether oxygens (including phenoxy) is 1. The number of carbonyl (C=O) groups excluding carboxylic acids is 1. The molecule has 4 heteroatoms. The van der Waals surface area contributed by atoms with Gasteiger partial charge in [-0.2, -0.15) is 0 Å². The van der Waals surface area contributed by atoms with Crippen molar-refractivity contribution in [3.05, 3.63) is 0 Å². The molecule has 0 bridgehead atoms. The highest BCUT2D eigenvalue weighted by molar-refractivity contribution is 5.69. The third-order valence-electron chi connectivity index (χ3n) is 9.84. The van der Waals surface area contributed by atoms with Gasteiger partial charge in [0.2, 0.25) is 0 Å². The Morgan fingerprint density at radius 3 is 0.978 bits per heavy atom. The fourth-order valence-electron chi connectivity index (χ4n) is 6.71. The molecule has 274 valence electrons. The quantitative estimate of drug-likeness (QED) is 0.0531. The first-order valence-corrected chi connectivity index (χ1v) is 21.0. The SMILES string of the molecule is CCCCCCCCCCCCCCCCCCCCCC(=O)OC(CCCCCCCCCCCCCCCC)CCC(=O)O. The fraction of sp³-hybridized carbons (Fsp3) is 0.952. The van der Waals surface area contributed by atoms with E-state index in [2.05, 4.69) is 13.8 Å². The summed E-state index contributed by atoms with van der Waals surface area (Å²) in [6.07, 6.45) is 45.6. The van der Waals surface area contributed by atoms with Crippen LogP contribution in [0.25, 0.3) is 0 Å². The molecule has 0 radical (unpaired) electrons. The molecule has 0 amide bonds. The molecule has 0 spiro atoms. The van der Waals surface area contributed by atoms with E-state index in [0.29, 0.717) is 12.8 Å². The van der Waals surface area contributed by atoms with Crippen LogP contribution in [0.4, 0.5) is 0 Å². The number of carboxylic acid groups (broad SMARTS) is 1. The highest BCUT2D eigenvalue weighted by atomic mass is 16.5. The molecule has 0 aromatic carbocycles. The molecule has 1 N–H and O–H groups in total. The van der Waals surface area contributed by atoms with Gasteiger partial charge in [0, 0.05) is 12.8 Å². The topological polar surface area (TPSA) is 63.6 Å². The Morgan fingerprint density at radius 2 is 0.674 bits per heavy atom. The Labute approximate surface area is 288 Å². The third-order valence-corrected chi connectivity index (χ3v) is 9.84. The minimum atomic E-state index is -0.805. The molecule has 0 aliphatic carbocycles. The lowest BCUT2D eigenvalue weighted by Crippen LogP contribution is -2.19. The third kappa shape index (κ3) is 37.4. The van der Waals surface area contributed by atoms with Crippen LogP contribution in [-0.4, -0.2) is 23.1 Å². The van der Waals surface area contributed by atoms with Crippen LogP contribution >= 0.6 is 0 Å². The highest BCUT2D eigenvalue weighted by Crippen LogP contribution is 2.18. The van der Waals surface area contributed by atoms with Crippen molar-refractivity contribution in [1.82, 2.24) is 0 Å². The van der Waals surface area contributed by atoms with E-state index in [1.54, 1.807) is 0 Å². The van der Waals surface area contributed by atoms with Gasteiger partial charge in [0.25, 0.3) is 0 Å². The summed E-state index contributed by atoms with van der Waals surface area (Å²) in [6.45, 7) is 4.56. The van der Waals surface area contributed by atoms with Crippen LogP contribution in [0, 0.1) is 0 Å². The number of esters is 1. The van der Waals surface area contributed by atoms with Crippen molar-refractivity contribution in [2.75, 3.05) is 0 Å². The van der Waals surface area contributed by atoms with E-state index in [1.807, 2.05) is 0 Å². The molecule has 0 rings (SSSR count). The summed E-state index contributed by atoms with van der Waals surface area (Å²) in [6, 6.07) is 0. The van der Waals surface area contributed by atoms with Gasteiger partial charge >= 0.3 is 11.9 Å². The Hall–Kier alpha value is -1.06. The Morgan fingerprint density at radius 1 is 0.391 bits per heavy atom. The second kappa shape index (κ2) is 38.4. The van der Waals surface area contributed by atoms with Gasteiger partial charge < -0.3 is 9.84 Å². The van der Waals surface area contributed by atoms with Gasteiger partial charge in [-0.3, -0.25) is 9.59 Å². The van der Waals surface area contributed by atoms with Crippen LogP contribution in [-0.2, 0) is 14.3 Å². The van der Waals surface area contributed by atoms with Crippen molar-refractivity contribution in [2.24, 2.45) is 0 Å². The molecule has 0 fully saturated rings. The lowest BCUT2D eigenvalue weighted by atomic mass is 10.0. The molecule has 4 nitrogen and oxygen atoms in total. The van der Waals surface area contributed by atoms with Crippen LogP contribution < -0.4 is 0 Å². The van der Waals surface area contributed by atoms with Crippen molar-refractivity contribution in [3.63, 3.8) is 0 Å². The summed E-state index contributed by atoms with van der Waals surface area (Å²) in [7, 11) is 0. The summed E-state index contributed by atoms with van der Waals surface area (Å²) in [5.74, 6) is -0.937. The molecule has 0 aliphatic rings. The molecule has 0 saturated carbocycles. The van der Waals surface area contributed by atoms with Crippen molar-refractivity contribution < 1.29 is 19.4 Å². The number of unbranched alkanes of at least 4 members (excludes halogenated alkanes) is 31. The van der Waals surface area contributed by atoms with Gasteiger partial charge in [-0.25, -0.2) is 0 Å². The molecule has 1 atom stereocenters. The number of hydrogen-bond acceptors (Lipinski definition) is 3. The zero-order valence-electron chi connectivity index (χ0n) is 31.4. The monoisotopic (exact) mass is 651 g/mol. The number of carboxylic acids is 1.